The number of anilines is 2. The predicted octanol–water partition coefficient (Wildman–Crippen LogP) is 8.94. The summed E-state index contributed by atoms with van der Waals surface area (Å²) in [7, 11) is 0. The summed E-state index contributed by atoms with van der Waals surface area (Å²) in [6.45, 7) is 11.5. The molecule has 2 aromatic carbocycles. The smallest absolute Gasteiger partial charge is 0.407 e. The molecular formula is C36H52ClN7O3S. The normalized spacial score (nSPS) is 13.1. The van der Waals surface area contributed by atoms with Crippen LogP contribution >= 0.6 is 23.4 Å². The molecule has 1 fully saturated rings. The highest BCUT2D eigenvalue weighted by Gasteiger charge is 2.20. The number of nitrogens with zero attached hydrogens (tertiary/aromatic N) is 4. The Morgan fingerprint density at radius 2 is 1.83 bits per heavy atom. The summed E-state index contributed by atoms with van der Waals surface area (Å²) in [4.78, 5) is 19.9. The molecule has 0 unspecified atom stereocenters. The molecule has 5 rings (SSSR count). The monoisotopic (exact) mass is 697 g/mol. The summed E-state index contributed by atoms with van der Waals surface area (Å²) in [6.07, 6.45) is 10.7. The van der Waals surface area contributed by atoms with E-state index in [4.69, 9.17) is 31.9 Å². The maximum Gasteiger partial charge on any atom is 0.407 e. The summed E-state index contributed by atoms with van der Waals surface area (Å²) >= 11 is 8.00. The van der Waals surface area contributed by atoms with E-state index in [-0.39, 0.29) is 12.0 Å². The first-order chi connectivity index (χ1) is 23.0. The van der Waals surface area contributed by atoms with E-state index in [1.807, 2.05) is 75.6 Å². The molecule has 1 aliphatic rings. The number of carbonyl (C=O) groups is 1. The fourth-order valence-electron chi connectivity index (χ4n) is 4.90. The van der Waals surface area contributed by atoms with E-state index < -0.39 is 5.60 Å². The van der Waals surface area contributed by atoms with Gasteiger partial charge in [-0.25, -0.2) is 14.5 Å². The van der Waals surface area contributed by atoms with Gasteiger partial charge >= 0.3 is 6.09 Å². The van der Waals surface area contributed by atoms with Crippen LogP contribution in [-0.4, -0.2) is 56.1 Å². The van der Waals surface area contributed by atoms with Crippen molar-refractivity contribution in [1.29, 1.82) is 0 Å². The third-order valence-corrected chi connectivity index (χ3v) is 8.00. The molecule has 0 atom stereocenters. The van der Waals surface area contributed by atoms with Gasteiger partial charge in [0.2, 0.25) is 5.95 Å². The Hall–Kier alpha value is -3.54. The third kappa shape index (κ3) is 13.2. The van der Waals surface area contributed by atoms with Crippen LogP contribution in [0.3, 0.4) is 0 Å². The molecule has 2 aromatic heterocycles. The number of hydrogen-bond acceptors (Lipinski definition) is 9. The molecule has 4 aromatic rings. The van der Waals surface area contributed by atoms with Crippen LogP contribution in [0, 0.1) is 0 Å². The molecule has 0 radical (unpaired) electrons. The maximum absolute atomic E-state index is 11.4. The molecular weight excluding hydrogens is 646 g/mol. The minimum atomic E-state index is -0.390. The lowest BCUT2D eigenvalue weighted by molar-refractivity contribution is 0.0493. The van der Waals surface area contributed by atoms with Crippen molar-refractivity contribution in [2.75, 3.05) is 29.7 Å². The number of benzene rings is 2. The number of aromatic nitrogens is 4. The summed E-state index contributed by atoms with van der Waals surface area (Å²) in [6, 6.07) is 16.2. The first-order valence-corrected chi connectivity index (χ1v) is 18.4. The van der Waals surface area contributed by atoms with Crippen LogP contribution in [0.5, 0.6) is 0 Å². The highest BCUT2D eigenvalue weighted by atomic mass is 35.5. The molecule has 0 spiro atoms. The number of halogens is 1. The van der Waals surface area contributed by atoms with Crippen LogP contribution in [0.25, 0.3) is 22.3 Å². The molecule has 1 aliphatic carbocycles. The van der Waals surface area contributed by atoms with Crippen molar-refractivity contribution in [1.82, 2.24) is 25.1 Å². The average molecular weight is 698 g/mol. The van der Waals surface area contributed by atoms with Crippen LogP contribution < -0.4 is 16.4 Å². The largest absolute Gasteiger partial charge is 0.444 e. The molecule has 10 nitrogen and oxygen atoms in total. The van der Waals surface area contributed by atoms with E-state index in [2.05, 4.69) is 34.4 Å². The van der Waals surface area contributed by atoms with Gasteiger partial charge in [-0.2, -0.15) is 21.8 Å². The fourth-order valence-corrected chi connectivity index (χ4v) is 5.39. The Labute approximate surface area is 294 Å². The van der Waals surface area contributed by atoms with Gasteiger partial charge < -0.3 is 25.8 Å². The molecule has 4 N–H and O–H groups in total. The number of carbonyl (C=O) groups excluding carboxylic acids is 1. The average Bonchev–Trinajstić information content (AvgIpc) is 3.40. The lowest BCUT2D eigenvalue weighted by Gasteiger charge is -2.25. The summed E-state index contributed by atoms with van der Waals surface area (Å²) < 4.78 is 12.7. The first-order valence-electron chi connectivity index (χ1n) is 16.7. The Kier molecular flexibility index (Phi) is 16.3. The number of thioether (sulfide) groups is 1. The number of rotatable bonds is 10. The summed E-state index contributed by atoms with van der Waals surface area (Å²) in [5.41, 5.74) is 9.82. The number of fused-ring (bicyclic) bond motifs is 1. The lowest BCUT2D eigenvalue weighted by atomic mass is 9.96. The van der Waals surface area contributed by atoms with Gasteiger partial charge in [-0.1, -0.05) is 81.5 Å². The van der Waals surface area contributed by atoms with Crippen molar-refractivity contribution < 1.29 is 14.3 Å². The van der Waals surface area contributed by atoms with Crippen LogP contribution in [0.2, 0.25) is 5.02 Å². The quantitative estimate of drug-likeness (QED) is 0.139. The van der Waals surface area contributed by atoms with Crippen molar-refractivity contribution in [3.05, 3.63) is 65.3 Å². The number of ether oxygens (including phenoxy) is 2. The Morgan fingerprint density at radius 1 is 1.10 bits per heavy atom. The highest BCUT2D eigenvalue weighted by molar-refractivity contribution is 7.98. The zero-order valence-electron chi connectivity index (χ0n) is 29.2. The van der Waals surface area contributed by atoms with Crippen molar-refractivity contribution in [3.8, 4) is 11.3 Å². The number of nitrogens with two attached hydrogens (primary N) is 1. The van der Waals surface area contributed by atoms with Gasteiger partial charge in [0.15, 0.2) is 5.65 Å². The molecule has 0 saturated heterocycles. The van der Waals surface area contributed by atoms with Gasteiger partial charge in [0.05, 0.1) is 12.0 Å². The maximum atomic E-state index is 11.4. The molecule has 12 heteroatoms. The van der Waals surface area contributed by atoms with Crippen molar-refractivity contribution in [2.45, 2.75) is 98.1 Å². The van der Waals surface area contributed by atoms with Gasteiger partial charge in [0.1, 0.15) is 18.0 Å². The molecule has 2 heterocycles. The van der Waals surface area contributed by atoms with Crippen LogP contribution in [0.1, 0.15) is 78.7 Å². The molecule has 48 heavy (non-hydrogen) atoms. The second kappa shape index (κ2) is 20.1. The van der Waals surface area contributed by atoms with E-state index in [0.717, 1.165) is 51.5 Å². The Balaban J connectivity index is 0.000000307. The molecule has 0 aliphatic heterocycles. The molecule has 262 valence electrons. The van der Waals surface area contributed by atoms with Gasteiger partial charge in [-0.05, 0) is 63.6 Å². The van der Waals surface area contributed by atoms with E-state index in [0.29, 0.717) is 31.6 Å². The van der Waals surface area contributed by atoms with Gasteiger partial charge in [0.25, 0.3) is 0 Å². The second-order valence-corrected chi connectivity index (χ2v) is 14.0. The van der Waals surface area contributed by atoms with Crippen LogP contribution in [0.15, 0.2) is 54.7 Å². The van der Waals surface area contributed by atoms with Crippen molar-refractivity contribution >= 4 is 52.1 Å². The zero-order chi connectivity index (χ0) is 34.9. The number of hydrogen-bond donors (Lipinski definition) is 3. The van der Waals surface area contributed by atoms with Gasteiger partial charge in [0, 0.05) is 40.8 Å². The first kappa shape index (κ1) is 38.9. The number of nitrogens with one attached hydrogen (secondary N) is 2. The molecule has 1 amide bonds. The van der Waals surface area contributed by atoms with E-state index in [9.17, 15) is 4.79 Å². The third-order valence-electron chi connectivity index (χ3n) is 7.06. The predicted molar refractivity (Wildman–Crippen MR) is 200 cm³/mol. The fraction of sp³-hybridized carbons (Fsp3) is 0.500. The Morgan fingerprint density at radius 3 is 2.52 bits per heavy atom. The number of nitrogen functional groups attached to an aromatic ring is 1. The van der Waals surface area contributed by atoms with Crippen molar-refractivity contribution in [3.63, 3.8) is 0 Å². The SMILES string of the molecule is CC(C)(C)OC(=O)NC1CCCCC1.CCC.CSCCOCn1nc(-c2cccc(NCc3ccccc3Cl)c2)c2cnc(N)nc21. The highest BCUT2D eigenvalue weighted by Crippen LogP contribution is 2.29. The second-order valence-electron chi connectivity index (χ2n) is 12.6. The Bertz CT molecular complexity index is 1550. The van der Waals surface area contributed by atoms with Crippen LogP contribution in [0.4, 0.5) is 16.4 Å². The number of alkyl carbamates (subject to hydrolysis) is 1. The van der Waals surface area contributed by atoms with Crippen molar-refractivity contribution in [2.24, 2.45) is 0 Å². The van der Waals surface area contributed by atoms with E-state index >= 15 is 0 Å². The van der Waals surface area contributed by atoms with Crippen LogP contribution in [-0.2, 0) is 22.7 Å². The van der Waals surface area contributed by atoms with E-state index in [1.165, 1.54) is 25.7 Å². The minimum absolute atomic E-state index is 0.208. The van der Waals surface area contributed by atoms with E-state index in [1.54, 1.807) is 22.6 Å². The topological polar surface area (TPSA) is 129 Å². The molecule has 0 bridgehead atoms. The van der Waals surface area contributed by atoms with Gasteiger partial charge in [-0.15, -0.1) is 0 Å². The van der Waals surface area contributed by atoms with Gasteiger partial charge in [-0.3, -0.25) is 0 Å². The lowest BCUT2D eigenvalue weighted by Crippen LogP contribution is -2.39. The molecule has 1 saturated carbocycles. The summed E-state index contributed by atoms with van der Waals surface area (Å²) in [5, 5.41) is 12.7. The number of amides is 1. The standard InChI is InChI=1S/C22H23ClN6OS.C11H21NO2.C3H8/c1-31-10-9-30-14-29-21-18(13-26-22(24)27-21)20(28-29)15-6-4-7-17(11-15)25-12-16-5-2-3-8-19(16)23;1-11(2,3)14-10(13)12-9-7-5-4-6-8-9;1-3-2/h2-8,11,13,25H,9-10,12,14H2,1H3,(H2,24,26,27);9H,4-8H2,1-3H3,(H,12,13);3H2,1-2H3. The zero-order valence-corrected chi connectivity index (χ0v) is 30.8. The minimum Gasteiger partial charge on any atom is -0.444 e. The summed E-state index contributed by atoms with van der Waals surface area (Å²) in [5.74, 6) is 1.13.